The first-order valence-corrected chi connectivity index (χ1v) is 30.8. The number of hydrogen-bond acceptors (Lipinski definition) is 13. The van der Waals surface area contributed by atoms with Gasteiger partial charge in [0, 0.05) is 75.8 Å². The van der Waals surface area contributed by atoms with E-state index in [4.69, 9.17) is 14.2 Å². The molecule has 4 aliphatic rings. The average molecular weight is 1270 g/mol. The molecule has 0 bridgehead atoms. The quantitative estimate of drug-likeness (QED) is 0.0837. The summed E-state index contributed by atoms with van der Waals surface area (Å²) in [6, 6.07) is 14.6. The second-order valence-corrected chi connectivity index (χ2v) is 27.6. The normalized spacial score (nSPS) is 21.0. The summed E-state index contributed by atoms with van der Waals surface area (Å²) in [6.45, 7) is 24.7. The Kier molecular flexibility index (Phi) is 20.7. The minimum atomic E-state index is -1.57. The Morgan fingerprint density at radius 2 is 1.44 bits per heavy atom. The van der Waals surface area contributed by atoms with Crippen LogP contribution < -0.4 is 26.2 Å². The Hall–Kier alpha value is -8.09. The first-order chi connectivity index (χ1) is 42.5. The third-order valence-electron chi connectivity index (χ3n) is 17.0. The number of anilines is 3. The second-order valence-electron chi connectivity index (χ2n) is 27.6. The van der Waals surface area contributed by atoms with Gasteiger partial charge in [0.25, 0.3) is 5.91 Å². The van der Waals surface area contributed by atoms with E-state index in [9.17, 15) is 38.0 Å². The molecule has 24 heteroatoms. The molecule has 492 valence electrons. The van der Waals surface area contributed by atoms with Crippen LogP contribution in [-0.4, -0.2) is 180 Å². The van der Waals surface area contributed by atoms with Gasteiger partial charge in [-0.25, -0.2) is 22.8 Å². The van der Waals surface area contributed by atoms with Gasteiger partial charge in [-0.3, -0.25) is 43.5 Å². The van der Waals surface area contributed by atoms with Crippen molar-refractivity contribution in [3.63, 3.8) is 0 Å². The standard InChI is InChI=1S/C67H87F3N10O11/c1-39-32-77(47(34-76-26-27-89-37-40(76)2)35-78(39)63(88)91-66(10,11)12)36-54(82)80-38-67(13,49-25-20-43(29-52(49)80)28-42-18-22-45(68)23-19-42)61(86)71-31-53(81)72-46-24-21-44-33-79(56(48(44)30-46)59(84)73-55-50(69)16-15-17-51(55)70)60(85)57(64(4,5)6)74-58(83)41(3)75(14)62(87)90-65(7,8)9/h15-25,29-30,39-41,47,56-57H,26-28,31-38H2,1-14H3,(H,71,86)(H,72,81)(H,73,84)(H,74,83)/t39-,40-,41+,47+,56+,57-,67-/m1/s1. The summed E-state index contributed by atoms with van der Waals surface area (Å²) in [5, 5.41) is 10.6. The van der Waals surface area contributed by atoms with E-state index in [0.29, 0.717) is 62.6 Å². The monoisotopic (exact) mass is 1260 g/mol. The van der Waals surface area contributed by atoms with Gasteiger partial charge in [-0.2, -0.15) is 0 Å². The number of piperazine rings is 1. The summed E-state index contributed by atoms with van der Waals surface area (Å²) in [5.74, 6) is -6.58. The third kappa shape index (κ3) is 16.3. The van der Waals surface area contributed by atoms with Crippen LogP contribution in [0.4, 0.5) is 39.8 Å². The molecule has 4 aromatic rings. The van der Waals surface area contributed by atoms with Crippen LogP contribution in [0.1, 0.15) is 124 Å². The number of morpholine rings is 1. The molecule has 0 unspecified atom stereocenters. The predicted octanol–water partition coefficient (Wildman–Crippen LogP) is 7.89. The van der Waals surface area contributed by atoms with Crippen molar-refractivity contribution in [3.8, 4) is 0 Å². The molecule has 4 N–H and O–H groups in total. The van der Waals surface area contributed by atoms with Crippen LogP contribution in [0.2, 0.25) is 0 Å². The number of likely N-dealkylation sites (N-methyl/N-ethyl adjacent to an activating group) is 1. The van der Waals surface area contributed by atoms with Crippen molar-refractivity contribution in [1.82, 2.24) is 35.1 Å². The minimum absolute atomic E-state index is 0.0604. The molecule has 7 atom stereocenters. The average Bonchev–Trinajstić information content (AvgIpc) is 1.62. The number of nitrogens with one attached hydrogen (secondary N) is 4. The van der Waals surface area contributed by atoms with E-state index in [1.54, 1.807) is 82.5 Å². The Bertz CT molecular complexity index is 3400. The summed E-state index contributed by atoms with van der Waals surface area (Å²) < 4.78 is 61.4. The summed E-state index contributed by atoms with van der Waals surface area (Å²) >= 11 is 0. The van der Waals surface area contributed by atoms with E-state index in [1.807, 2.05) is 39.8 Å². The van der Waals surface area contributed by atoms with Gasteiger partial charge < -0.3 is 50.2 Å². The smallest absolute Gasteiger partial charge is 0.410 e. The number of rotatable bonds is 16. The van der Waals surface area contributed by atoms with Gasteiger partial charge in [-0.1, -0.05) is 57.2 Å². The molecular formula is C67H87F3N10O11. The zero-order valence-electron chi connectivity index (χ0n) is 54.6. The molecule has 8 rings (SSSR count). The van der Waals surface area contributed by atoms with Crippen molar-refractivity contribution in [2.75, 3.05) is 81.6 Å². The summed E-state index contributed by atoms with van der Waals surface area (Å²) in [7, 11) is 1.38. The largest absolute Gasteiger partial charge is 0.444 e. The minimum Gasteiger partial charge on any atom is -0.444 e. The van der Waals surface area contributed by atoms with Gasteiger partial charge >= 0.3 is 12.2 Å². The van der Waals surface area contributed by atoms with Crippen molar-refractivity contribution < 1.29 is 65.7 Å². The fourth-order valence-corrected chi connectivity index (χ4v) is 11.8. The van der Waals surface area contributed by atoms with Crippen LogP contribution >= 0.6 is 0 Å². The summed E-state index contributed by atoms with van der Waals surface area (Å²) in [4.78, 5) is 124. The second kappa shape index (κ2) is 27.4. The first-order valence-electron chi connectivity index (χ1n) is 30.8. The Morgan fingerprint density at radius 3 is 2.08 bits per heavy atom. The number of para-hydroxylation sites is 1. The number of ether oxygens (including phenoxy) is 3. The van der Waals surface area contributed by atoms with Crippen LogP contribution in [0.3, 0.4) is 0 Å². The van der Waals surface area contributed by atoms with Crippen LogP contribution in [0.5, 0.6) is 0 Å². The van der Waals surface area contributed by atoms with E-state index in [-0.39, 0.29) is 60.7 Å². The molecule has 2 fully saturated rings. The van der Waals surface area contributed by atoms with E-state index in [2.05, 4.69) is 38.0 Å². The lowest BCUT2D eigenvalue weighted by molar-refractivity contribution is -0.145. The van der Waals surface area contributed by atoms with Crippen LogP contribution in [0.15, 0.2) is 78.9 Å². The van der Waals surface area contributed by atoms with E-state index in [0.717, 1.165) is 34.2 Å². The zero-order chi connectivity index (χ0) is 66.8. The summed E-state index contributed by atoms with van der Waals surface area (Å²) in [5.41, 5.74) is -1.41. The molecule has 91 heavy (non-hydrogen) atoms. The third-order valence-corrected chi connectivity index (χ3v) is 17.0. The molecular weight excluding hydrogens is 1180 g/mol. The number of nitrogens with zero attached hydrogens (tertiary/aromatic N) is 6. The van der Waals surface area contributed by atoms with Gasteiger partial charge in [0.2, 0.25) is 29.5 Å². The van der Waals surface area contributed by atoms with Gasteiger partial charge in [0.15, 0.2) is 0 Å². The molecule has 21 nitrogen and oxygen atoms in total. The highest BCUT2D eigenvalue weighted by molar-refractivity contribution is 6.05. The number of amides is 8. The number of halogens is 3. The van der Waals surface area contributed by atoms with Gasteiger partial charge in [0.05, 0.1) is 31.7 Å². The maximum Gasteiger partial charge on any atom is 0.410 e. The first kappa shape index (κ1) is 68.8. The molecule has 4 aliphatic heterocycles. The van der Waals surface area contributed by atoms with Crippen molar-refractivity contribution in [3.05, 3.63) is 124 Å². The molecule has 0 radical (unpaired) electrons. The van der Waals surface area contributed by atoms with Crippen molar-refractivity contribution >= 4 is 64.7 Å². The molecule has 4 aromatic carbocycles. The Labute approximate surface area is 530 Å². The Morgan fingerprint density at radius 1 is 0.780 bits per heavy atom. The van der Waals surface area contributed by atoms with Gasteiger partial charge in [-0.15, -0.1) is 0 Å². The SMILES string of the molecule is C[C@@H]1COCCN1C[C@H]1CN(C(=O)OC(C)(C)C)[C@H](C)CN1CC(=O)N1C[C@@](C)(C(=O)NCC(=O)Nc2ccc3c(c2)[C@@H](C(=O)Nc2c(F)cccc2F)N(C(=O)[C@@H](NC(=O)[C@H](C)N(C)C(=O)OC(C)(C)C)C(C)(C)C)C3)c2ccc(Cc3ccc(F)cc3)cc21. The maximum absolute atomic E-state index is 15.2. The van der Waals surface area contributed by atoms with Gasteiger partial charge in [0.1, 0.15) is 52.5 Å². The van der Waals surface area contributed by atoms with Crippen LogP contribution in [0, 0.1) is 22.9 Å². The number of hydrogen-bond donors (Lipinski definition) is 4. The molecule has 0 aliphatic carbocycles. The summed E-state index contributed by atoms with van der Waals surface area (Å²) in [6.07, 6.45) is -0.837. The maximum atomic E-state index is 15.2. The lowest BCUT2D eigenvalue weighted by Crippen LogP contribution is -2.64. The van der Waals surface area contributed by atoms with E-state index >= 15 is 13.6 Å². The fraction of sp³-hybridized carbons (Fsp3) is 0.522. The molecule has 4 heterocycles. The number of carbonyl (C=O) groups is 8. The lowest BCUT2D eigenvalue weighted by atomic mass is 9.83. The zero-order valence-corrected chi connectivity index (χ0v) is 54.6. The topological polar surface area (TPSA) is 232 Å². The van der Waals surface area contributed by atoms with E-state index < -0.39 is 106 Å². The molecule has 0 aromatic heterocycles. The molecule has 8 amide bonds. The van der Waals surface area contributed by atoms with Gasteiger partial charge in [-0.05, 0) is 151 Å². The van der Waals surface area contributed by atoms with Crippen LogP contribution in [-0.2, 0) is 61.4 Å². The highest BCUT2D eigenvalue weighted by Crippen LogP contribution is 2.43. The number of carbonyl (C=O) groups excluding carboxylic acids is 8. The predicted molar refractivity (Wildman–Crippen MR) is 336 cm³/mol. The number of fused-ring (bicyclic) bond motifs is 2. The highest BCUT2D eigenvalue weighted by Gasteiger charge is 2.49. The van der Waals surface area contributed by atoms with Crippen molar-refractivity contribution in [2.45, 2.75) is 156 Å². The molecule has 0 saturated carbocycles. The van der Waals surface area contributed by atoms with Crippen molar-refractivity contribution in [1.29, 1.82) is 0 Å². The highest BCUT2D eigenvalue weighted by atomic mass is 19.1. The number of benzene rings is 4. The van der Waals surface area contributed by atoms with Crippen molar-refractivity contribution in [2.24, 2.45) is 5.41 Å². The van der Waals surface area contributed by atoms with Crippen LogP contribution in [0.25, 0.3) is 0 Å². The molecule has 2 saturated heterocycles. The Balaban J connectivity index is 1.02. The van der Waals surface area contributed by atoms with E-state index in [1.165, 1.54) is 43.1 Å². The fourth-order valence-electron chi connectivity index (χ4n) is 11.8. The molecule has 0 spiro atoms. The lowest BCUT2D eigenvalue weighted by Gasteiger charge is -2.47.